The summed E-state index contributed by atoms with van der Waals surface area (Å²) in [7, 11) is 0. The molecule has 0 aliphatic heterocycles. The van der Waals surface area contributed by atoms with Gasteiger partial charge in [-0.05, 0) is 25.8 Å². The summed E-state index contributed by atoms with van der Waals surface area (Å²) in [5.74, 6) is -1.09. The smallest absolute Gasteiger partial charge is 0.337 e. The van der Waals surface area contributed by atoms with Crippen molar-refractivity contribution in [3.05, 3.63) is 23.0 Å². The predicted octanol–water partition coefficient (Wildman–Crippen LogP) is 1.97. The molecule has 1 aromatic rings. The summed E-state index contributed by atoms with van der Waals surface area (Å²) in [5.41, 5.74) is 1.54. The molecule has 106 valence electrons. The van der Waals surface area contributed by atoms with Crippen LogP contribution in [0.4, 0.5) is 0 Å². The van der Waals surface area contributed by atoms with Crippen molar-refractivity contribution >= 4 is 11.9 Å². The van der Waals surface area contributed by atoms with Crippen LogP contribution in [0, 0.1) is 6.92 Å². The average molecular weight is 266 g/mol. The van der Waals surface area contributed by atoms with E-state index in [0.29, 0.717) is 24.3 Å². The molecular formula is C14H22N2O3. The molecule has 0 saturated heterocycles. The normalized spacial score (nSPS) is 10.5. The molecule has 0 bridgehead atoms. The molecule has 1 heterocycles. The number of carbonyl (C=O) groups is 2. The number of hydrogen-bond donors (Lipinski definition) is 2. The minimum atomic E-state index is -0.971. The Morgan fingerprint density at radius 2 is 2.05 bits per heavy atom. The molecule has 1 aromatic heterocycles. The number of rotatable bonds is 7. The maximum Gasteiger partial charge on any atom is 0.337 e. The maximum absolute atomic E-state index is 11.8. The second-order valence-corrected chi connectivity index (χ2v) is 4.61. The molecule has 0 aromatic carbocycles. The number of carboxylic acid groups (broad SMARTS) is 1. The third kappa shape index (κ3) is 3.84. The van der Waals surface area contributed by atoms with Crippen LogP contribution in [0.2, 0.25) is 0 Å². The number of nitrogens with zero attached hydrogens (tertiary/aromatic N) is 1. The molecule has 0 unspecified atom stereocenters. The van der Waals surface area contributed by atoms with E-state index in [9.17, 15) is 14.7 Å². The largest absolute Gasteiger partial charge is 0.478 e. The predicted molar refractivity (Wildman–Crippen MR) is 73.4 cm³/mol. The number of aryl methyl sites for hydroxylation is 2. The third-order valence-corrected chi connectivity index (χ3v) is 3.11. The zero-order valence-corrected chi connectivity index (χ0v) is 11.8. The Hall–Kier alpha value is -1.78. The zero-order valence-electron chi connectivity index (χ0n) is 11.8. The van der Waals surface area contributed by atoms with Gasteiger partial charge in [0.2, 0.25) is 5.91 Å². The number of carbonyl (C=O) groups excluding carboxylic acids is 1. The van der Waals surface area contributed by atoms with E-state index < -0.39 is 5.97 Å². The first-order chi connectivity index (χ1) is 9.01. The quantitative estimate of drug-likeness (QED) is 0.741. The van der Waals surface area contributed by atoms with Gasteiger partial charge in [0.1, 0.15) is 0 Å². The first kappa shape index (κ1) is 15.3. The van der Waals surface area contributed by atoms with E-state index in [-0.39, 0.29) is 17.9 Å². The minimum absolute atomic E-state index is 0.118. The highest BCUT2D eigenvalue weighted by Crippen LogP contribution is 2.18. The zero-order chi connectivity index (χ0) is 14.4. The highest BCUT2D eigenvalue weighted by molar-refractivity contribution is 5.93. The standard InChI is InChI=1S/C14H22N2O3/c1-4-6-7-15-12(17)8-11-13(14(18)19)10(3)9-16(11)5-2/h9H,4-8H2,1-3H3,(H,15,17)(H,18,19). The summed E-state index contributed by atoms with van der Waals surface area (Å²) in [6.45, 7) is 7.05. The minimum Gasteiger partial charge on any atom is -0.478 e. The molecule has 0 radical (unpaired) electrons. The molecule has 0 spiro atoms. The second kappa shape index (κ2) is 6.97. The molecule has 0 aliphatic rings. The van der Waals surface area contributed by atoms with E-state index >= 15 is 0 Å². The fourth-order valence-corrected chi connectivity index (χ4v) is 2.13. The molecule has 5 nitrogen and oxygen atoms in total. The maximum atomic E-state index is 11.8. The van der Waals surface area contributed by atoms with Crippen molar-refractivity contribution in [2.75, 3.05) is 6.54 Å². The van der Waals surface area contributed by atoms with Gasteiger partial charge < -0.3 is 15.0 Å². The van der Waals surface area contributed by atoms with Crippen LogP contribution in [0.1, 0.15) is 48.3 Å². The first-order valence-corrected chi connectivity index (χ1v) is 6.69. The summed E-state index contributed by atoms with van der Waals surface area (Å²) in [6, 6.07) is 0. The molecule has 0 atom stereocenters. The summed E-state index contributed by atoms with van der Waals surface area (Å²) < 4.78 is 1.83. The van der Waals surface area contributed by atoms with Crippen LogP contribution in [-0.2, 0) is 17.8 Å². The Kier molecular flexibility index (Phi) is 5.60. The van der Waals surface area contributed by atoms with Gasteiger partial charge in [-0.25, -0.2) is 4.79 Å². The number of aromatic nitrogens is 1. The van der Waals surface area contributed by atoms with Crippen LogP contribution in [0.5, 0.6) is 0 Å². The second-order valence-electron chi connectivity index (χ2n) is 4.61. The van der Waals surface area contributed by atoms with Gasteiger partial charge in [0.25, 0.3) is 0 Å². The summed E-state index contributed by atoms with van der Waals surface area (Å²) in [6.07, 6.45) is 3.86. The Balaban J connectivity index is 2.86. The van der Waals surface area contributed by atoms with Crippen LogP contribution >= 0.6 is 0 Å². The van der Waals surface area contributed by atoms with Gasteiger partial charge in [-0.2, -0.15) is 0 Å². The molecule has 5 heteroatoms. The van der Waals surface area contributed by atoms with Crippen molar-refractivity contribution in [3.63, 3.8) is 0 Å². The van der Waals surface area contributed by atoms with Gasteiger partial charge in [-0.15, -0.1) is 0 Å². The molecule has 0 aliphatic carbocycles. The summed E-state index contributed by atoms with van der Waals surface area (Å²) >= 11 is 0. The lowest BCUT2D eigenvalue weighted by Crippen LogP contribution is -2.27. The third-order valence-electron chi connectivity index (χ3n) is 3.11. The molecule has 1 rings (SSSR count). The van der Waals surface area contributed by atoms with E-state index in [4.69, 9.17) is 0 Å². The first-order valence-electron chi connectivity index (χ1n) is 6.69. The van der Waals surface area contributed by atoms with E-state index in [1.165, 1.54) is 0 Å². The summed E-state index contributed by atoms with van der Waals surface area (Å²) in [5, 5.41) is 12.1. The number of unbranched alkanes of at least 4 members (excludes halogenated alkanes) is 1. The Labute approximate surface area is 113 Å². The van der Waals surface area contributed by atoms with Crippen LogP contribution in [-0.4, -0.2) is 28.1 Å². The number of hydrogen-bond acceptors (Lipinski definition) is 2. The van der Waals surface area contributed by atoms with Crippen LogP contribution in [0.25, 0.3) is 0 Å². The van der Waals surface area contributed by atoms with Crippen molar-refractivity contribution in [1.29, 1.82) is 0 Å². The van der Waals surface area contributed by atoms with Crippen LogP contribution < -0.4 is 5.32 Å². The summed E-state index contributed by atoms with van der Waals surface area (Å²) in [4.78, 5) is 23.1. The fraction of sp³-hybridized carbons (Fsp3) is 0.571. The van der Waals surface area contributed by atoms with Gasteiger partial charge in [0, 0.05) is 25.0 Å². The van der Waals surface area contributed by atoms with Crippen molar-refractivity contribution in [3.8, 4) is 0 Å². The van der Waals surface area contributed by atoms with E-state index in [1.54, 1.807) is 13.1 Å². The SMILES string of the molecule is CCCCNC(=O)Cc1c(C(=O)O)c(C)cn1CC. The average Bonchev–Trinajstić information content (AvgIpc) is 2.65. The fourth-order valence-electron chi connectivity index (χ4n) is 2.13. The van der Waals surface area contributed by atoms with Crippen molar-refractivity contribution < 1.29 is 14.7 Å². The monoisotopic (exact) mass is 266 g/mol. The Morgan fingerprint density at radius 3 is 2.58 bits per heavy atom. The van der Waals surface area contributed by atoms with Gasteiger partial charge in [0.15, 0.2) is 0 Å². The number of nitrogens with one attached hydrogen (secondary N) is 1. The van der Waals surface area contributed by atoms with Gasteiger partial charge in [-0.1, -0.05) is 13.3 Å². The Morgan fingerprint density at radius 1 is 1.37 bits per heavy atom. The van der Waals surface area contributed by atoms with E-state index in [2.05, 4.69) is 12.2 Å². The molecule has 0 saturated carbocycles. The lowest BCUT2D eigenvalue weighted by molar-refractivity contribution is -0.120. The molecule has 19 heavy (non-hydrogen) atoms. The van der Waals surface area contributed by atoms with E-state index in [0.717, 1.165) is 12.8 Å². The number of aromatic carboxylic acids is 1. The lowest BCUT2D eigenvalue weighted by atomic mass is 10.1. The van der Waals surface area contributed by atoms with Gasteiger partial charge in [-0.3, -0.25) is 4.79 Å². The van der Waals surface area contributed by atoms with Gasteiger partial charge >= 0.3 is 5.97 Å². The van der Waals surface area contributed by atoms with Crippen molar-refractivity contribution in [1.82, 2.24) is 9.88 Å². The van der Waals surface area contributed by atoms with Crippen molar-refractivity contribution in [2.45, 2.75) is 46.6 Å². The Bertz CT molecular complexity index is 464. The topological polar surface area (TPSA) is 71.3 Å². The molecule has 0 fully saturated rings. The lowest BCUT2D eigenvalue weighted by Gasteiger charge is -2.08. The highest BCUT2D eigenvalue weighted by Gasteiger charge is 2.20. The van der Waals surface area contributed by atoms with Crippen molar-refractivity contribution in [2.24, 2.45) is 0 Å². The van der Waals surface area contributed by atoms with Crippen LogP contribution in [0.3, 0.4) is 0 Å². The molecular weight excluding hydrogens is 244 g/mol. The van der Waals surface area contributed by atoms with E-state index in [1.807, 2.05) is 11.5 Å². The highest BCUT2D eigenvalue weighted by atomic mass is 16.4. The molecule has 1 amide bonds. The number of carboxylic acids is 1. The van der Waals surface area contributed by atoms with Crippen LogP contribution in [0.15, 0.2) is 6.20 Å². The molecule has 2 N–H and O–H groups in total. The number of amides is 1. The van der Waals surface area contributed by atoms with Gasteiger partial charge in [0.05, 0.1) is 12.0 Å².